The lowest BCUT2D eigenvalue weighted by atomic mass is 10.1. The Kier molecular flexibility index (Phi) is 2.17. The predicted molar refractivity (Wildman–Crippen MR) is 62.7 cm³/mol. The van der Waals surface area contributed by atoms with Crippen LogP contribution in [0, 0.1) is 0 Å². The molecule has 0 amide bonds. The zero-order valence-corrected chi connectivity index (χ0v) is 8.98. The summed E-state index contributed by atoms with van der Waals surface area (Å²) in [6.45, 7) is 1.55. The molecule has 0 bridgehead atoms. The number of hydrogen-bond donors (Lipinski definition) is 0. The van der Waals surface area contributed by atoms with Gasteiger partial charge in [-0.3, -0.25) is 4.79 Å². The molecule has 82 valence electrons. The topological polar surface area (TPSA) is 33.5 Å². The maximum absolute atomic E-state index is 11.2. The summed E-state index contributed by atoms with van der Waals surface area (Å²) in [5.41, 5.74) is 0.911. The average Bonchev–Trinajstić information content (AvgIpc) is 2.73. The largest absolute Gasteiger partial charge is 0.441 e. The molecule has 0 atom stereocenters. The summed E-state index contributed by atoms with van der Waals surface area (Å²) in [5, 5.41) is 1.12. The van der Waals surface area contributed by atoms with Gasteiger partial charge in [0, 0.05) is 37.4 Å². The predicted octanol–water partition coefficient (Wildman–Crippen LogP) is 2.60. The van der Waals surface area contributed by atoms with E-state index in [1.807, 2.05) is 30.3 Å². The van der Waals surface area contributed by atoms with Crippen LogP contribution in [0.4, 0.5) is 5.88 Å². The highest BCUT2D eigenvalue weighted by molar-refractivity contribution is 5.83. The Bertz CT molecular complexity index is 486. The van der Waals surface area contributed by atoms with Gasteiger partial charge in [-0.05, 0) is 6.07 Å². The van der Waals surface area contributed by atoms with E-state index >= 15 is 0 Å². The number of anilines is 1. The molecule has 3 heteroatoms. The third-order valence-electron chi connectivity index (χ3n) is 3.05. The summed E-state index contributed by atoms with van der Waals surface area (Å²) in [4.78, 5) is 13.3. The Morgan fingerprint density at radius 2 is 1.88 bits per heavy atom. The van der Waals surface area contributed by atoms with Crippen molar-refractivity contribution in [3.8, 4) is 0 Å². The van der Waals surface area contributed by atoms with E-state index in [1.54, 1.807) is 0 Å². The van der Waals surface area contributed by atoms with Crippen molar-refractivity contribution in [2.75, 3.05) is 18.0 Å². The van der Waals surface area contributed by atoms with Crippen molar-refractivity contribution in [2.45, 2.75) is 12.8 Å². The lowest BCUT2D eigenvalue weighted by molar-refractivity contribution is -0.119. The molecule has 1 saturated heterocycles. The number of hydrogen-bond acceptors (Lipinski definition) is 3. The number of Topliss-reactive ketones (excluding diaryl/α,β-unsaturated/α-hetero) is 1. The van der Waals surface area contributed by atoms with Crippen LogP contribution in [0.2, 0.25) is 0 Å². The molecule has 0 radical (unpaired) electrons. The number of carbonyl (C=O) groups excluding carboxylic acids is 1. The number of piperidine rings is 1. The summed E-state index contributed by atoms with van der Waals surface area (Å²) < 4.78 is 5.76. The van der Waals surface area contributed by atoms with Gasteiger partial charge in [-0.2, -0.15) is 0 Å². The average molecular weight is 215 g/mol. The van der Waals surface area contributed by atoms with Gasteiger partial charge in [0.2, 0.25) is 0 Å². The molecule has 0 N–H and O–H groups in total. The number of ketones is 1. The van der Waals surface area contributed by atoms with Crippen molar-refractivity contribution < 1.29 is 9.21 Å². The number of benzene rings is 1. The van der Waals surface area contributed by atoms with Gasteiger partial charge in [0.15, 0.2) is 5.88 Å². The van der Waals surface area contributed by atoms with Gasteiger partial charge in [0.1, 0.15) is 11.4 Å². The van der Waals surface area contributed by atoms with Crippen LogP contribution in [0.15, 0.2) is 34.7 Å². The molecule has 1 aliphatic rings. The Balaban J connectivity index is 1.91. The molecule has 16 heavy (non-hydrogen) atoms. The highest BCUT2D eigenvalue weighted by Crippen LogP contribution is 2.27. The zero-order valence-electron chi connectivity index (χ0n) is 8.98. The number of rotatable bonds is 1. The van der Waals surface area contributed by atoms with Crippen LogP contribution in [-0.4, -0.2) is 18.9 Å². The van der Waals surface area contributed by atoms with E-state index in [2.05, 4.69) is 4.90 Å². The van der Waals surface area contributed by atoms with Crippen molar-refractivity contribution >= 4 is 22.6 Å². The molecule has 0 spiro atoms. The lowest BCUT2D eigenvalue weighted by Crippen LogP contribution is -2.33. The highest BCUT2D eigenvalue weighted by atomic mass is 16.4. The first-order valence-corrected chi connectivity index (χ1v) is 5.58. The summed E-state index contributed by atoms with van der Waals surface area (Å²) in [6.07, 6.45) is 1.27. The molecule has 2 heterocycles. The first-order valence-electron chi connectivity index (χ1n) is 5.58. The van der Waals surface area contributed by atoms with E-state index in [1.165, 1.54) is 0 Å². The SMILES string of the molecule is O=C1CCN(c2cc3ccccc3o2)CC1. The smallest absolute Gasteiger partial charge is 0.196 e. The fraction of sp³-hybridized carbons (Fsp3) is 0.308. The molecule has 0 aliphatic carbocycles. The van der Waals surface area contributed by atoms with E-state index in [9.17, 15) is 4.79 Å². The molecule has 0 saturated carbocycles. The Morgan fingerprint density at radius 3 is 2.62 bits per heavy atom. The second kappa shape index (κ2) is 3.67. The highest BCUT2D eigenvalue weighted by Gasteiger charge is 2.18. The van der Waals surface area contributed by atoms with Gasteiger partial charge in [0.25, 0.3) is 0 Å². The van der Waals surface area contributed by atoms with Crippen LogP contribution in [0.3, 0.4) is 0 Å². The third-order valence-corrected chi connectivity index (χ3v) is 3.05. The second-order valence-corrected chi connectivity index (χ2v) is 4.15. The number of carbonyl (C=O) groups is 1. The van der Waals surface area contributed by atoms with Crippen molar-refractivity contribution in [2.24, 2.45) is 0 Å². The molecule has 1 aromatic heterocycles. The van der Waals surface area contributed by atoms with E-state index < -0.39 is 0 Å². The van der Waals surface area contributed by atoms with Gasteiger partial charge in [-0.1, -0.05) is 18.2 Å². The fourth-order valence-electron chi connectivity index (χ4n) is 2.10. The summed E-state index contributed by atoms with van der Waals surface area (Å²) in [5.74, 6) is 1.24. The molecule has 1 aromatic carbocycles. The van der Waals surface area contributed by atoms with Crippen LogP contribution in [0.1, 0.15) is 12.8 Å². The fourth-order valence-corrected chi connectivity index (χ4v) is 2.10. The van der Waals surface area contributed by atoms with Crippen LogP contribution in [0.25, 0.3) is 11.0 Å². The van der Waals surface area contributed by atoms with Gasteiger partial charge in [-0.25, -0.2) is 0 Å². The van der Waals surface area contributed by atoms with Crippen LogP contribution >= 0.6 is 0 Å². The number of furan rings is 1. The van der Waals surface area contributed by atoms with Crippen LogP contribution in [-0.2, 0) is 4.79 Å². The van der Waals surface area contributed by atoms with Crippen molar-refractivity contribution in [1.29, 1.82) is 0 Å². The Labute approximate surface area is 93.6 Å². The minimum Gasteiger partial charge on any atom is -0.441 e. The van der Waals surface area contributed by atoms with E-state index in [-0.39, 0.29) is 0 Å². The summed E-state index contributed by atoms with van der Waals surface area (Å²) in [7, 11) is 0. The van der Waals surface area contributed by atoms with Gasteiger partial charge in [0.05, 0.1) is 0 Å². The minimum atomic E-state index is 0.354. The number of fused-ring (bicyclic) bond motifs is 1. The monoisotopic (exact) mass is 215 g/mol. The van der Waals surface area contributed by atoms with E-state index in [4.69, 9.17) is 4.42 Å². The van der Waals surface area contributed by atoms with Gasteiger partial charge >= 0.3 is 0 Å². The van der Waals surface area contributed by atoms with E-state index in [0.29, 0.717) is 18.6 Å². The Hall–Kier alpha value is -1.77. The molecule has 1 aliphatic heterocycles. The third kappa shape index (κ3) is 1.58. The molecule has 3 rings (SSSR count). The molecular formula is C13H13NO2. The summed E-state index contributed by atoms with van der Waals surface area (Å²) in [6, 6.07) is 10.0. The van der Waals surface area contributed by atoms with Gasteiger partial charge < -0.3 is 9.32 Å². The maximum atomic E-state index is 11.2. The second-order valence-electron chi connectivity index (χ2n) is 4.15. The summed E-state index contributed by atoms with van der Waals surface area (Å²) >= 11 is 0. The van der Waals surface area contributed by atoms with Gasteiger partial charge in [-0.15, -0.1) is 0 Å². The molecule has 2 aromatic rings. The Morgan fingerprint density at radius 1 is 1.12 bits per heavy atom. The normalized spacial score (nSPS) is 17.0. The molecular weight excluding hydrogens is 202 g/mol. The quantitative estimate of drug-likeness (QED) is 0.733. The molecule has 0 unspecified atom stereocenters. The lowest BCUT2D eigenvalue weighted by Gasteiger charge is -2.25. The van der Waals surface area contributed by atoms with Crippen LogP contribution < -0.4 is 4.90 Å². The van der Waals surface area contributed by atoms with E-state index in [0.717, 1.165) is 29.9 Å². The number of para-hydroxylation sites is 1. The standard InChI is InChI=1S/C13H13NO2/c15-11-5-7-14(8-6-11)13-9-10-3-1-2-4-12(10)16-13/h1-4,9H,5-8H2. The van der Waals surface area contributed by atoms with Crippen molar-refractivity contribution in [3.05, 3.63) is 30.3 Å². The molecule has 1 fully saturated rings. The minimum absolute atomic E-state index is 0.354. The maximum Gasteiger partial charge on any atom is 0.196 e. The van der Waals surface area contributed by atoms with Crippen molar-refractivity contribution in [1.82, 2.24) is 0 Å². The zero-order chi connectivity index (χ0) is 11.0. The molecule has 3 nitrogen and oxygen atoms in total. The number of nitrogens with zero attached hydrogens (tertiary/aromatic N) is 1. The van der Waals surface area contributed by atoms with Crippen LogP contribution in [0.5, 0.6) is 0 Å². The first kappa shape index (κ1) is 9.46. The first-order chi connectivity index (χ1) is 7.83. The van der Waals surface area contributed by atoms with Crippen molar-refractivity contribution in [3.63, 3.8) is 0 Å².